The maximum atomic E-state index is 14.8. The van der Waals surface area contributed by atoms with Gasteiger partial charge in [-0.15, -0.1) is 0 Å². The van der Waals surface area contributed by atoms with E-state index >= 15 is 0 Å². The van der Waals surface area contributed by atoms with E-state index in [1.165, 1.54) is 9.80 Å². The Kier molecular flexibility index (Phi) is 8.18. The van der Waals surface area contributed by atoms with Gasteiger partial charge in [0.15, 0.2) is 0 Å². The van der Waals surface area contributed by atoms with Crippen LogP contribution < -0.4 is 9.80 Å². The summed E-state index contributed by atoms with van der Waals surface area (Å²) in [5, 5.41) is 5.57. The molecule has 0 aromatic heterocycles. The number of halogens is 2. The highest BCUT2D eigenvalue weighted by molar-refractivity contribution is 6.52. The molecule has 0 saturated heterocycles. The molecule has 0 fully saturated rings. The summed E-state index contributed by atoms with van der Waals surface area (Å²) >= 11 is 14.5. The molecule has 0 atom stereocenters. The molecule has 4 amide bonds. The number of nitrogens with zero attached hydrogens (tertiary/aromatic N) is 2. The van der Waals surface area contributed by atoms with Crippen LogP contribution in [0.3, 0.4) is 0 Å². The van der Waals surface area contributed by atoms with Crippen molar-refractivity contribution in [1.29, 1.82) is 0 Å². The summed E-state index contributed by atoms with van der Waals surface area (Å²) in [6.45, 7) is 16.5. The van der Waals surface area contributed by atoms with E-state index in [0.717, 1.165) is 22.3 Å². The fourth-order valence-electron chi connectivity index (χ4n) is 9.31. The van der Waals surface area contributed by atoms with Crippen LogP contribution in [0.25, 0.3) is 43.1 Å². The number of anilines is 2. The van der Waals surface area contributed by atoms with Gasteiger partial charge in [0.25, 0.3) is 23.6 Å². The molecular weight excluding hydrogens is 739 g/mol. The zero-order valence-electron chi connectivity index (χ0n) is 32.5. The van der Waals surface area contributed by atoms with Crippen LogP contribution in [0.2, 0.25) is 10.0 Å². The lowest BCUT2D eigenvalue weighted by molar-refractivity contribution is 0.0877. The van der Waals surface area contributed by atoms with E-state index in [-0.39, 0.29) is 23.7 Å². The van der Waals surface area contributed by atoms with Gasteiger partial charge in [-0.1, -0.05) is 127 Å². The predicted octanol–water partition coefficient (Wildman–Crippen LogP) is 13.1. The number of benzene rings is 7. The molecule has 0 spiro atoms. The highest BCUT2D eigenvalue weighted by Crippen LogP contribution is 2.52. The van der Waals surface area contributed by atoms with Crippen LogP contribution in [0.15, 0.2) is 72.8 Å². The number of carbonyl (C=O) groups excluding carboxylic acids is 4. The van der Waals surface area contributed by atoms with Crippen LogP contribution in [0.4, 0.5) is 11.4 Å². The molecule has 2 heterocycles. The minimum Gasteiger partial charge on any atom is -0.268 e. The topological polar surface area (TPSA) is 74.8 Å². The lowest BCUT2D eigenvalue weighted by atomic mass is 9.81. The Balaban J connectivity index is 1.33. The molecule has 2 aliphatic rings. The first-order chi connectivity index (χ1) is 26.6. The van der Waals surface area contributed by atoms with Gasteiger partial charge >= 0.3 is 0 Å². The summed E-state index contributed by atoms with van der Waals surface area (Å²) < 4.78 is 0. The van der Waals surface area contributed by atoms with Gasteiger partial charge < -0.3 is 0 Å². The Labute approximate surface area is 335 Å². The second-order valence-corrected chi connectivity index (χ2v) is 17.3. The molecule has 0 aliphatic carbocycles. The summed E-state index contributed by atoms with van der Waals surface area (Å²) in [6, 6.07) is 22.4. The molecule has 7 aromatic carbocycles. The largest absolute Gasteiger partial charge is 0.268 e. The van der Waals surface area contributed by atoms with E-state index in [0.29, 0.717) is 86.8 Å². The minimum absolute atomic E-state index is 0.0541. The second-order valence-electron chi connectivity index (χ2n) is 16.5. The van der Waals surface area contributed by atoms with E-state index < -0.39 is 23.6 Å². The van der Waals surface area contributed by atoms with E-state index in [1.807, 2.05) is 48.5 Å². The molecule has 0 unspecified atom stereocenters. The lowest BCUT2D eigenvalue weighted by Gasteiger charge is -2.34. The summed E-state index contributed by atoms with van der Waals surface area (Å²) in [4.78, 5) is 61.7. The van der Waals surface area contributed by atoms with Gasteiger partial charge in [0, 0.05) is 53.5 Å². The molecule has 280 valence electrons. The van der Waals surface area contributed by atoms with Crippen LogP contribution in [-0.4, -0.2) is 23.6 Å². The molecular formula is C48H40Cl2N2O4. The van der Waals surface area contributed by atoms with Crippen molar-refractivity contribution in [1.82, 2.24) is 0 Å². The number of hydrogen-bond acceptors (Lipinski definition) is 4. The Bertz CT molecular complexity index is 2690. The van der Waals surface area contributed by atoms with Gasteiger partial charge in [-0.2, -0.15) is 0 Å². The number of rotatable bonds is 6. The standard InChI is InChI=1S/C48H40Cl2N2O4/c1-21(2)25-11-9-12-26(22(3)4)43(25)51-45(53)31-17-15-29-40-36(50)20-34-38-32(18-16-30(42(38)40)39-35(49)19-33(47(51)55)37(31)41(29)39)46(54)52(48(34)56)44-27(23(5)6)13-10-14-28(44)24(7)8/h9-24H,1-8H3. The zero-order chi connectivity index (χ0) is 39.8. The third-order valence-electron chi connectivity index (χ3n) is 11.9. The smallest absolute Gasteiger partial charge is 0.266 e. The summed E-state index contributed by atoms with van der Waals surface area (Å²) in [6.07, 6.45) is 0. The van der Waals surface area contributed by atoms with Gasteiger partial charge in [0.2, 0.25) is 0 Å². The highest BCUT2D eigenvalue weighted by atomic mass is 35.5. The number of hydrogen-bond donors (Lipinski definition) is 0. The van der Waals surface area contributed by atoms with Crippen LogP contribution in [0, 0.1) is 0 Å². The first kappa shape index (κ1) is 36.3. The molecule has 0 saturated carbocycles. The molecule has 7 aromatic rings. The second kappa shape index (κ2) is 12.6. The summed E-state index contributed by atoms with van der Waals surface area (Å²) in [5.41, 5.74) is 6.32. The van der Waals surface area contributed by atoms with Gasteiger partial charge in [0.1, 0.15) is 0 Å². The van der Waals surface area contributed by atoms with Crippen molar-refractivity contribution in [3.05, 3.63) is 127 Å². The van der Waals surface area contributed by atoms with Crippen molar-refractivity contribution in [2.24, 2.45) is 0 Å². The molecule has 8 heteroatoms. The highest BCUT2D eigenvalue weighted by Gasteiger charge is 2.41. The summed E-state index contributed by atoms with van der Waals surface area (Å²) in [7, 11) is 0. The first-order valence-corrected chi connectivity index (χ1v) is 20.0. The predicted molar refractivity (Wildman–Crippen MR) is 229 cm³/mol. The van der Waals surface area contributed by atoms with Crippen molar-refractivity contribution in [2.75, 3.05) is 9.80 Å². The molecule has 2 aliphatic heterocycles. The van der Waals surface area contributed by atoms with Crippen molar-refractivity contribution >= 4 is 101 Å². The third-order valence-corrected chi connectivity index (χ3v) is 12.5. The monoisotopic (exact) mass is 778 g/mol. The lowest BCUT2D eigenvalue weighted by Crippen LogP contribution is -2.42. The normalized spacial score (nSPS) is 14.6. The van der Waals surface area contributed by atoms with Gasteiger partial charge in [-0.05, 0) is 81.0 Å². The maximum Gasteiger partial charge on any atom is 0.266 e. The fraction of sp³-hybridized carbons (Fsp3) is 0.250. The molecule has 0 N–H and O–H groups in total. The zero-order valence-corrected chi connectivity index (χ0v) is 34.0. The number of fused-ring (bicyclic) bond motifs is 2. The number of para-hydroxylation sites is 2. The minimum atomic E-state index is -0.441. The van der Waals surface area contributed by atoms with Gasteiger partial charge in [-0.3, -0.25) is 19.2 Å². The van der Waals surface area contributed by atoms with E-state index in [9.17, 15) is 19.2 Å². The Morgan fingerprint density at radius 1 is 0.393 bits per heavy atom. The Morgan fingerprint density at radius 3 is 1.00 bits per heavy atom. The fourth-order valence-corrected chi connectivity index (χ4v) is 9.93. The van der Waals surface area contributed by atoms with Crippen molar-refractivity contribution in [2.45, 2.75) is 79.1 Å². The van der Waals surface area contributed by atoms with E-state index in [1.54, 1.807) is 24.3 Å². The third kappa shape index (κ3) is 4.75. The van der Waals surface area contributed by atoms with Crippen molar-refractivity contribution < 1.29 is 19.2 Å². The summed E-state index contributed by atoms with van der Waals surface area (Å²) in [5.74, 6) is -1.47. The SMILES string of the molecule is CC(C)c1cccc(C(C)C)c1N1C(=O)c2ccc3c4c(Cl)cc5c6c(ccc(c7c(Cl)cc(c2c37)C1=O)c64)C(=O)N(c1c(C(C)C)cccc1C(C)C)C5=O. The van der Waals surface area contributed by atoms with E-state index in [2.05, 4.69) is 55.4 Å². The van der Waals surface area contributed by atoms with Crippen molar-refractivity contribution in [3.8, 4) is 0 Å². The number of imide groups is 2. The quantitative estimate of drug-likeness (QED) is 0.0957. The average Bonchev–Trinajstić information content (AvgIpc) is 3.15. The molecule has 56 heavy (non-hydrogen) atoms. The van der Waals surface area contributed by atoms with Crippen LogP contribution >= 0.6 is 23.2 Å². The van der Waals surface area contributed by atoms with Crippen molar-refractivity contribution in [3.63, 3.8) is 0 Å². The van der Waals surface area contributed by atoms with Crippen LogP contribution in [0.1, 0.15) is 143 Å². The molecule has 0 radical (unpaired) electrons. The first-order valence-electron chi connectivity index (χ1n) is 19.3. The molecule has 9 rings (SSSR count). The number of carbonyl (C=O) groups is 4. The van der Waals surface area contributed by atoms with Crippen LogP contribution in [0.5, 0.6) is 0 Å². The average molecular weight is 780 g/mol. The van der Waals surface area contributed by atoms with E-state index in [4.69, 9.17) is 23.2 Å². The van der Waals surface area contributed by atoms with Gasteiger partial charge in [0.05, 0.1) is 22.5 Å². The van der Waals surface area contributed by atoms with Crippen LogP contribution in [-0.2, 0) is 0 Å². The van der Waals surface area contributed by atoms with Gasteiger partial charge in [-0.25, -0.2) is 9.80 Å². The molecule has 0 bridgehead atoms. The maximum absolute atomic E-state index is 14.8. The Hall–Kier alpha value is -5.30. The Morgan fingerprint density at radius 2 is 0.696 bits per heavy atom. The number of amides is 4. The molecule has 6 nitrogen and oxygen atoms in total.